The number of nitrogens with zero attached hydrogens (tertiary/aromatic N) is 2. The number of amides is 2. The lowest BCUT2D eigenvalue weighted by molar-refractivity contribution is -0.160. The molecule has 3 aromatic rings. The van der Waals surface area contributed by atoms with Gasteiger partial charge in [0.25, 0.3) is 0 Å². The van der Waals surface area contributed by atoms with E-state index in [1.54, 1.807) is 9.80 Å². The van der Waals surface area contributed by atoms with Crippen LogP contribution in [0, 0.1) is 0 Å². The fourth-order valence-corrected chi connectivity index (χ4v) is 5.20. The number of rotatable bonds is 5. The highest BCUT2D eigenvalue weighted by atomic mass is 16.5. The SMILES string of the molecule is CCOc1ccccc1C1c2[nH]c3ccccc3c2C[C@H]2C(=O)N(C(C)CC)CC(=O)N12. The number of nitrogens with one attached hydrogen (secondary N) is 1. The van der Waals surface area contributed by atoms with Gasteiger partial charge in [-0.3, -0.25) is 9.59 Å². The van der Waals surface area contributed by atoms with Crippen molar-refractivity contribution in [2.24, 2.45) is 0 Å². The van der Waals surface area contributed by atoms with Crippen molar-refractivity contribution in [2.75, 3.05) is 13.2 Å². The molecule has 2 aromatic carbocycles. The van der Waals surface area contributed by atoms with Crippen LogP contribution in [-0.4, -0.2) is 51.8 Å². The number of hydrogen-bond donors (Lipinski definition) is 1. The summed E-state index contributed by atoms with van der Waals surface area (Å²) in [6, 6.07) is 15.1. The smallest absolute Gasteiger partial charge is 0.246 e. The van der Waals surface area contributed by atoms with Crippen LogP contribution in [0.5, 0.6) is 5.75 Å². The van der Waals surface area contributed by atoms with Gasteiger partial charge in [0.1, 0.15) is 24.4 Å². The molecule has 0 radical (unpaired) electrons. The quantitative estimate of drug-likeness (QED) is 0.663. The third kappa shape index (κ3) is 3.08. The number of benzene rings is 2. The van der Waals surface area contributed by atoms with E-state index in [-0.39, 0.29) is 24.4 Å². The predicted molar refractivity (Wildman–Crippen MR) is 124 cm³/mol. The number of fused-ring (bicyclic) bond motifs is 4. The van der Waals surface area contributed by atoms with Crippen molar-refractivity contribution in [3.8, 4) is 5.75 Å². The number of hydrogen-bond acceptors (Lipinski definition) is 3. The molecule has 2 aliphatic heterocycles. The number of aromatic amines is 1. The lowest BCUT2D eigenvalue weighted by Gasteiger charge is -2.48. The van der Waals surface area contributed by atoms with Crippen LogP contribution >= 0.6 is 0 Å². The Balaban J connectivity index is 1.72. The molecule has 1 aromatic heterocycles. The summed E-state index contributed by atoms with van der Waals surface area (Å²) in [6.45, 7) is 6.67. The van der Waals surface area contributed by atoms with Crippen LogP contribution in [0.3, 0.4) is 0 Å². The molecule has 0 aliphatic carbocycles. The van der Waals surface area contributed by atoms with Gasteiger partial charge in [-0.25, -0.2) is 0 Å². The second-order valence-corrected chi connectivity index (χ2v) is 8.68. The van der Waals surface area contributed by atoms with Crippen molar-refractivity contribution in [1.29, 1.82) is 0 Å². The van der Waals surface area contributed by atoms with Gasteiger partial charge in [0, 0.05) is 34.6 Å². The standard InChI is InChI=1S/C26H29N3O3/c1-4-16(3)28-15-23(30)29-21(26(28)31)14-19-17-10-6-8-12-20(17)27-24(19)25(29)18-11-7-9-13-22(18)32-5-2/h6-13,16,21,25,27H,4-5,14-15H2,1-3H3/t16?,21-,25?/m0/s1. The third-order valence-corrected chi connectivity index (χ3v) is 6.93. The van der Waals surface area contributed by atoms with Crippen molar-refractivity contribution in [3.63, 3.8) is 0 Å². The van der Waals surface area contributed by atoms with Gasteiger partial charge in [-0.05, 0) is 38.0 Å². The first-order valence-corrected chi connectivity index (χ1v) is 11.5. The molecule has 0 bridgehead atoms. The Morgan fingerprint density at radius 3 is 2.62 bits per heavy atom. The van der Waals surface area contributed by atoms with E-state index < -0.39 is 12.1 Å². The Labute approximate surface area is 188 Å². The topological polar surface area (TPSA) is 65.6 Å². The molecule has 1 saturated heterocycles. The highest BCUT2D eigenvalue weighted by Crippen LogP contribution is 2.45. The van der Waals surface area contributed by atoms with Crippen molar-refractivity contribution < 1.29 is 14.3 Å². The molecular formula is C26H29N3O3. The fraction of sp³-hybridized carbons (Fsp3) is 0.385. The van der Waals surface area contributed by atoms with E-state index in [1.807, 2.05) is 56.3 Å². The molecule has 2 unspecified atom stereocenters. The minimum atomic E-state index is -0.517. The van der Waals surface area contributed by atoms with E-state index in [1.165, 1.54) is 0 Å². The number of ether oxygens (including phenoxy) is 1. The summed E-state index contributed by atoms with van der Waals surface area (Å²) in [4.78, 5) is 34.3. The molecule has 3 heterocycles. The van der Waals surface area contributed by atoms with E-state index in [0.29, 0.717) is 13.0 Å². The Morgan fingerprint density at radius 2 is 1.84 bits per heavy atom. The minimum absolute atomic E-state index is 0.0180. The molecule has 1 N–H and O–H groups in total. The van der Waals surface area contributed by atoms with Crippen LogP contribution in [0.15, 0.2) is 48.5 Å². The first-order valence-electron chi connectivity index (χ1n) is 11.5. The summed E-state index contributed by atoms with van der Waals surface area (Å²) in [5, 5.41) is 1.11. The number of piperazine rings is 1. The third-order valence-electron chi connectivity index (χ3n) is 6.93. The van der Waals surface area contributed by atoms with E-state index in [4.69, 9.17) is 4.74 Å². The van der Waals surface area contributed by atoms with Crippen molar-refractivity contribution in [2.45, 2.75) is 51.7 Å². The first kappa shape index (κ1) is 20.6. The van der Waals surface area contributed by atoms with Crippen LogP contribution in [0.1, 0.15) is 50.1 Å². The molecule has 1 fully saturated rings. The molecule has 2 aliphatic rings. The van der Waals surface area contributed by atoms with Crippen molar-refractivity contribution in [3.05, 3.63) is 65.4 Å². The van der Waals surface area contributed by atoms with Gasteiger partial charge in [-0.15, -0.1) is 0 Å². The van der Waals surface area contributed by atoms with Gasteiger partial charge in [0.15, 0.2) is 0 Å². The number of H-pyrrole nitrogens is 1. The molecule has 6 nitrogen and oxygen atoms in total. The van der Waals surface area contributed by atoms with Crippen LogP contribution < -0.4 is 4.74 Å². The second kappa shape index (κ2) is 8.01. The Bertz CT molecular complexity index is 1180. The van der Waals surface area contributed by atoms with Gasteiger partial charge in [-0.1, -0.05) is 43.3 Å². The average Bonchev–Trinajstić information content (AvgIpc) is 3.19. The molecule has 0 spiro atoms. The summed E-state index contributed by atoms with van der Waals surface area (Å²) in [7, 11) is 0. The summed E-state index contributed by atoms with van der Waals surface area (Å²) >= 11 is 0. The number of aromatic nitrogens is 1. The molecule has 2 amide bonds. The first-order chi connectivity index (χ1) is 15.5. The summed E-state index contributed by atoms with van der Waals surface area (Å²) < 4.78 is 5.95. The maximum atomic E-state index is 13.7. The van der Waals surface area contributed by atoms with Crippen LogP contribution in [0.4, 0.5) is 0 Å². The lowest BCUT2D eigenvalue weighted by atomic mass is 9.85. The van der Waals surface area contributed by atoms with Crippen molar-refractivity contribution >= 4 is 22.7 Å². The highest BCUT2D eigenvalue weighted by molar-refractivity contribution is 5.98. The number of para-hydroxylation sites is 2. The van der Waals surface area contributed by atoms with Crippen LogP contribution in [0.2, 0.25) is 0 Å². The van der Waals surface area contributed by atoms with Gasteiger partial charge < -0.3 is 19.5 Å². The van der Waals surface area contributed by atoms with E-state index in [2.05, 4.69) is 18.0 Å². The Hall–Kier alpha value is -3.28. The molecule has 32 heavy (non-hydrogen) atoms. The molecule has 6 heteroatoms. The van der Waals surface area contributed by atoms with Gasteiger partial charge in [0.2, 0.25) is 11.8 Å². The van der Waals surface area contributed by atoms with Gasteiger partial charge in [-0.2, -0.15) is 0 Å². The zero-order valence-corrected chi connectivity index (χ0v) is 18.8. The average molecular weight is 432 g/mol. The normalized spacial score (nSPS) is 21.5. The number of carbonyl (C=O) groups excluding carboxylic acids is 2. The number of carbonyl (C=O) groups is 2. The maximum absolute atomic E-state index is 13.7. The van der Waals surface area contributed by atoms with Crippen LogP contribution in [0.25, 0.3) is 10.9 Å². The largest absolute Gasteiger partial charge is 0.494 e. The molecular weight excluding hydrogens is 402 g/mol. The van der Waals surface area contributed by atoms with Gasteiger partial charge >= 0.3 is 0 Å². The van der Waals surface area contributed by atoms with E-state index in [9.17, 15) is 9.59 Å². The predicted octanol–water partition coefficient (Wildman–Crippen LogP) is 4.05. The molecule has 5 rings (SSSR count). The second-order valence-electron chi connectivity index (χ2n) is 8.68. The molecule has 166 valence electrons. The van der Waals surface area contributed by atoms with Crippen LogP contribution in [-0.2, 0) is 16.0 Å². The summed E-state index contributed by atoms with van der Waals surface area (Å²) in [5.41, 5.74) is 4.03. The van der Waals surface area contributed by atoms with Crippen molar-refractivity contribution in [1.82, 2.24) is 14.8 Å². The molecule has 3 atom stereocenters. The zero-order chi connectivity index (χ0) is 22.4. The Kier molecular flexibility index (Phi) is 5.16. The Morgan fingerprint density at radius 1 is 1.09 bits per heavy atom. The lowest BCUT2D eigenvalue weighted by Crippen LogP contribution is -2.64. The highest BCUT2D eigenvalue weighted by Gasteiger charge is 2.49. The van der Waals surface area contributed by atoms with E-state index in [0.717, 1.165) is 39.9 Å². The summed E-state index contributed by atoms with van der Waals surface area (Å²) in [5.74, 6) is 0.763. The maximum Gasteiger partial charge on any atom is 0.246 e. The zero-order valence-electron chi connectivity index (χ0n) is 18.8. The fourth-order valence-electron chi connectivity index (χ4n) is 5.20. The van der Waals surface area contributed by atoms with E-state index >= 15 is 0 Å². The van der Waals surface area contributed by atoms with Gasteiger partial charge in [0.05, 0.1) is 6.61 Å². The molecule has 0 saturated carbocycles. The monoisotopic (exact) mass is 431 g/mol. The summed E-state index contributed by atoms with van der Waals surface area (Å²) in [6.07, 6.45) is 1.34. The minimum Gasteiger partial charge on any atom is -0.494 e.